The van der Waals surface area contributed by atoms with E-state index in [1.54, 1.807) is 0 Å². The fourth-order valence-electron chi connectivity index (χ4n) is 8.18. The molecule has 3 heterocycles. The summed E-state index contributed by atoms with van der Waals surface area (Å²) in [4.78, 5) is 0. The molecule has 2 nitrogen and oxygen atoms in total. The van der Waals surface area contributed by atoms with E-state index in [4.69, 9.17) is 0 Å². The van der Waals surface area contributed by atoms with E-state index in [0.29, 0.717) is 0 Å². The minimum Gasteiger partial charge on any atom is -0.309 e. The van der Waals surface area contributed by atoms with Gasteiger partial charge < -0.3 is 9.13 Å². The zero-order chi connectivity index (χ0) is 32.1. The Labute approximate surface area is 286 Å². The van der Waals surface area contributed by atoms with Gasteiger partial charge in [-0.05, 0) is 83.2 Å². The Morgan fingerprint density at radius 1 is 0.347 bits per heavy atom. The van der Waals surface area contributed by atoms with Crippen molar-refractivity contribution in [1.29, 1.82) is 0 Å². The Morgan fingerprint density at radius 2 is 0.980 bits per heavy atom. The molecule has 0 bridgehead atoms. The Bertz CT molecular complexity index is 3100. The van der Waals surface area contributed by atoms with Gasteiger partial charge in [0.15, 0.2) is 0 Å². The standard InChI is InChI=1S/C46H28N2S/c1-2-13-32(14-3-1)47-39-18-8-6-16-34(39)36-27-30(21-23-40(36)47)31-22-24-41-37(28-31)45-42(25-26-44-46(45)35-17-7-9-20-43(35)49-44)48(41)38-19-10-12-29-11-4-5-15-33(29)38/h1-28H. The minimum atomic E-state index is 1.18. The zero-order valence-electron chi connectivity index (χ0n) is 26.5. The molecule has 3 heteroatoms. The smallest absolute Gasteiger partial charge is 0.0548 e. The molecular weight excluding hydrogens is 613 g/mol. The second-order valence-corrected chi connectivity index (χ2v) is 14.0. The summed E-state index contributed by atoms with van der Waals surface area (Å²) in [5, 5.41) is 10.3. The van der Waals surface area contributed by atoms with Gasteiger partial charge in [-0.2, -0.15) is 0 Å². The lowest BCUT2D eigenvalue weighted by atomic mass is 9.99. The molecule has 0 unspecified atom stereocenters. The van der Waals surface area contributed by atoms with Crippen LogP contribution in [0.15, 0.2) is 170 Å². The largest absolute Gasteiger partial charge is 0.309 e. The molecule has 0 aliphatic rings. The van der Waals surface area contributed by atoms with Gasteiger partial charge >= 0.3 is 0 Å². The van der Waals surface area contributed by atoms with Gasteiger partial charge in [0.05, 0.1) is 27.8 Å². The van der Waals surface area contributed by atoms with E-state index in [0.717, 1.165) is 0 Å². The van der Waals surface area contributed by atoms with Crippen molar-refractivity contribution in [2.24, 2.45) is 0 Å². The van der Waals surface area contributed by atoms with E-state index in [9.17, 15) is 0 Å². The zero-order valence-corrected chi connectivity index (χ0v) is 27.3. The second-order valence-electron chi connectivity index (χ2n) is 12.9. The number of nitrogens with zero attached hydrogens (tertiary/aromatic N) is 2. The van der Waals surface area contributed by atoms with Crippen LogP contribution in [-0.4, -0.2) is 9.13 Å². The molecule has 0 aliphatic heterocycles. The lowest BCUT2D eigenvalue weighted by molar-refractivity contribution is 1.18. The molecule has 11 aromatic rings. The van der Waals surface area contributed by atoms with E-state index in [2.05, 4.69) is 179 Å². The number of fused-ring (bicyclic) bond motifs is 11. The van der Waals surface area contributed by atoms with Gasteiger partial charge in [-0.3, -0.25) is 0 Å². The van der Waals surface area contributed by atoms with E-state index >= 15 is 0 Å². The molecule has 0 saturated carbocycles. The lowest BCUT2D eigenvalue weighted by Gasteiger charge is -2.12. The number of para-hydroxylation sites is 2. The molecule has 0 N–H and O–H groups in total. The SMILES string of the molecule is c1ccc(-n2c3ccccc3c3cc(-c4ccc5c(c4)c4c6c(ccc4n5-c4cccc5ccccc45)sc4ccccc46)ccc32)cc1. The highest BCUT2D eigenvalue weighted by Crippen LogP contribution is 2.45. The van der Waals surface area contributed by atoms with Crippen molar-refractivity contribution in [2.45, 2.75) is 0 Å². The first-order valence-corrected chi connectivity index (χ1v) is 17.6. The Balaban J connectivity index is 1.22. The van der Waals surface area contributed by atoms with Gasteiger partial charge in [0.25, 0.3) is 0 Å². The van der Waals surface area contributed by atoms with Crippen LogP contribution in [0, 0.1) is 0 Å². The first-order valence-electron chi connectivity index (χ1n) is 16.8. The molecule has 0 radical (unpaired) electrons. The average molecular weight is 641 g/mol. The van der Waals surface area contributed by atoms with Crippen molar-refractivity contribution in [3.8, 4) is 22.5 Å². The Kier molecular flexibility index (Phi) is 5.57. The summed E-state index contributed by atoms with van der Waals surface area (Å²) in [7, 11) is 0. The van der Waals surface area contributed by atoms with Crippen LogP contribution < -0.4 is 0 Å². The molecule has 11 rings (SSSR count). The molecule has 0 atom stereocenters. The van der Waals surface area contributed by atoms with E-state index in [1.165, 1.54) is 97.1 Å². The third kappa shape index (κ3) is 3.82. The van der Waals surface area contributed by atoms with Gasteiger partial charge in [-0.1, -0.05) is 103 Å². The summed E-state index contributed by atoms with van der Waals surface area (Å²) in [5.41, 5.74) is 9.73. The van der Waals surface area contributed by atoms with Gasteiger partial charge in [0.1, 0.15) is 0 Å². The third-order valence-corrected chi connectivity index (χ3v) is 11.4. The number of hydrogen-bond acceptors (Lipinski definition) is 1. The summed E-state index contributed by atoms with van der Waals surface area (Å²) in [5.74, 6) is 0. The molecule has 0 aliphatic carbocycles. The van der Waals surface area contributed by atoms with Gasteiger partial charge in [0.2, 0.25) is 0 Å². The number of benzene rings is 8. The molecule has 8 aromatic carbocycles. The molecular formula is C46H28N2S. The van der Waals surface area contributed by atoms with Crippen LogP contribution in [0.2, 0.25) is 0 Å². The van der Waals surface area contributed by atoms with Crippen LogP contribution >= 0.6 is 11.3 Å². The van der Waals surface area contributed by atoms with E-state index in [-0.39, 0.29) is 0 Å². The predicted octanol–water partition coefficient (Wildman–Crippen LogP) is 13.1. The number of rotatable bonds is 3. The monoisotopic (exact) mass is 640 g/mol. The van der Waals surface area contributed by atoms with Gasteiger partial charge in [0, 0.05) is 52.8 Å². The van der Waals surface area contributed by atoms with Crippen molar-refractivity contribution >= 4 is 85.9 Å². The Morgan fingerprint density at radius 3 is 1.84 bits per heavy atom. The number of thiophene rings is 1. The maximum atomic E-state index is 2.49. The molecule has 0 amide bonds. The summed E-state index contributed by atoms with van der Waals surface area (Å²) >= 11 is 1.88. The van der Waals surface area contributed by atoms with Gasteiger partial charge in [-0.25, -0.2) is 0 Å². The summed E-state index contributed by atoms with van der Waals surface area (Å²) < 4.78 is 7.52. The van der Waals surface area contributed by atoms with Crippen molar-refractivity contribution in [3.05, 3.63) is 170 Å². The minimum absolute atomic E-state index is 1.18. The number of hydrogen-bond donors (Lipinski definition) is 0. The third-order valence-electron chi connectivity index (χ3n) is 10.3. The fraction of sp³-hybridized carbons (Fsp3) is 0. The molecule has 49 heavy (non-hydrogen) atoms. The van der Waals surface area contributed by atoms with Crippen LogP contribution in [0.1, 0.15) is 0 Å². The normalized spacial score (nSPS) is 12.1. The maximum absolute atomic E-state index is 2.49. The van der Waals surface area contributed by atoms with Crippen LogP contribution in [0.4, 0.5) is 0 Å². The van der Waals surface area contributed by atoms with Gasteiger partial charge in [-0.15, -0.1) is 11.3 Å². The first-order chi connectivity index (χ1) is 24.3. The van der Waals surface area contributed by atoms with Crippen LogP contribution in [0.5, 0.6) is 0 Å². The van der Waals surface area contributed by atoms with Crippen molar-refractivity contribution < 1.29 is 0 Å². The van der Waals surface area contributed by atoms with Crippen molar-refractivity contribution in [3.63, 3.8) is 0 Å². The van der Waals surface area contributed by atoms with E-state index in [1.807, 2.05) is 11.3 Å². The quantitative estimate of drug-likeness (QED) is 0.182. The summed E-state index contributed by atoms with van der Waals surface area (Å²) in [6.45, 7) is 0. The van der Waals surface area contributed by atoms with Crippen molar-refractivity contribution in [2.75, 3.05) is 0 Å². The van der Waals surface area contributed by atoms with Crippen molar-refractivity contribution in [1.82, 2.24) is 9.13 Å². The highest BCUT2D eigenvalue weighted by Gasteiger charge is 2.20. The Hall–Kier alpha value is -6.16. The molecule has 3 aromatic heterocycles. The topological polar surface area (TPSA) is 9.86 Å². The lowest BCUT2D eigenvalue weighted by Crippen LogP contribution is -1.95. The van der Waals surface area contributed by atoms with Crippen LogP contribution in [-0.2, 0) is 0 Å². The summed E-state index contributed by atoms with van der Waals surface area (Å²) in [6, 6.07) is 62.4. The summed E-state index contributed by atoms with van der Waals surface area (Å²) in [6.07, 6.45) is 0. The molecule has 0 spiro atoms. The predicted molar refractivity (Wildman–Crippen MR) is 211 cm³/mol. The van der Waals surface area contributed by atoms with Crippen LogP contribution in [0.25, 0.3) is 97.1 Å². The fourth-order valence-corrected chi connectivity index (χ4v) is 9.29. The second kappa shape index (κ2) is 10.2. The highest BCUT2D eigenvalue weighted by atomic mass is 32.1. The first kappa shape index (κ1) is 26.9. The highest BCUT2D eigenvalue weighted by molar-refractivity contribution is 7.26. The molecule has 0 saturated heterocycles. The van der Waals surface area contributed by atoms with Crippen LogP contribution in [0.3, 0.4) is 0 Å². The van der Waals surface area contributed by atoms with E-state index < -0.39 is 0 Å². The molecule has 0 fully saturated rings. The maximum Gasteiger partial charge on any atom is 0.0548 e. The average Bonchev–Trinajstić information content (AvgIpc) is 3.82. The number of aromatic nitrogens is 2. The molecule has 228 valence electrons.